The Morgan fingerprint density at radius 2 is 2.00 bits per heavy atom. The molecule has 1 aromatic rings. The molecule has 1 saturated heterocycles. The number of nitrogens with zero attached hydrogens (tertiary/aromatic N) is 1. The third kappa shape index (κ3) is 2.60. The van der Waals surface area contributed by atoms with E-state index in [1.807, 2.05) is 24.8 Å². The SMILES string of the molecule is Cc1cc(CN2CCCCC2=O)c(C)cc1O. The van der Waals surface area contributed by atoms with E-state index in [4.69, 9.17) is 0 Å². The van der Waals surface area contributed by atoms with Crippen LogP contribution in [-0.4, -0.2) is 22.5 Å². The van der Waals surface area contributed by atoms with E-state index in [-0.39, 0.29) is 5.91 Å². The molecule has 0 atom stereocenters. The molecule has 17 heavy (non-hydrogen) atoms. The van der Waals surface area contributed by atoms with Gasteiger partial charge in [0.1, 0.15) is 5.75 Å². The highest BCUT2D eigenvalue weighted by Gasteiger charge is 2.18. The maximum Gasteiger partial charge on any atom is 0.222 e. The summed E-state index contributed by atoms with van der Waals surface area (Å²) in [4.78, 5) is 13.7. The fraction of sp³-hybridized carbons (Fsp3) is 0.500. The first-order valence-corrected chi connectivity index (χ1v) is 6.15. The molecule has 0 spiro atoms. The van der Waals surface area contributed by atoms with E-state index in [9.17, 15) is 9.90 Å². The van der Waals surface area contributed by atoms with E-state index in [0.29, 0.717) is 18.7 Å². The van der Waals surface area contributed by atoms with Gasteiger partial charge in [0.2, 0.25) is 5.91 Å². The van der Waals surface area contributed by atoms with Crippen LogP contribution in [0.5, 0.6) is 5.75 Å². The Hall–Kier alpha value is -1.51. The van der Waals surface area contributed by atoms with Crippen molar-refractivity contribution in [1.29, 1.82) is 0 Å². The minimum absolute atomic E-state index is 0.251. The van der Waals surface area contributed by atoms with Crippen molar-refractivity contribution in [2.45, 2.75) is 39.7 Å². The Morgan fingerprint density at radius 3 is 2.71 bits per heavy atom. The number of rotatable bonds is 2. The van der Waals surface area contributed by atoms with Crippen LogP contribution in [0.15, 0.2) is 12.1 Å². The van der Waals surface area contributed by atoms with E-state index in [1.54, 1.807) is 6.07 Å². The average molecular weight is 233 g/mol. The van der Waals surface area contributed by atoms with Crippen LogP contribution in [0.3, 0.4) is 0 Å². The number of carbonyl (C=O) groups is 1. The van der Waals surface area contributed by atoms with Gasteiger partial charge in [-0.25, -0.2) is 0 Å². The van der Waals surface area contributed by atoms with Gasteiger partial charge in [0, 0.05) is 19.5 Å². The average Bonchev–Trinajstić information content (AvgIpc) is 2.29. The maximum atomic E-state index is 11.7. The van der Waals surface area contributed by atoms with Crippen LogP contribution < -0.4 is 0 Å². The van der Waals surface area contributed by atoms with E-state index in [1.165, 1.54) is 0 Å². The Labute approximate surface area is 102 Å². The summed E-state index contributed by atoms with van der Waals surface area (Å²) in [5, 5.41) is 9.60. The minimum atomic E-state index is 0.251. The lowest BCUT2D eigenvalue weighted by molar-refractivity contribution is -0.133. The van der Waals surface area contributed by atoms with Gasteiger partial charge >= 0.3 is 0 Å². The summed E-state index contributed by atoms with van der Waals surface area (Å²) in [6, 6.07) is 3.76. The Morgan fingerprint density at radius 1 is 1.24 bits per heavy atom. The normalized spacial score (nSPS) is 16.4. The summed E-state index contributed by atoms with van der Waals surface area (Å²) in [6.07, 6.45) is 2.79. The number of hydrogen-bond acceptors (Lipinski definition) is 2. The molecule has 1 aliphatic heterocycles. The van der Waals surface area contributed by atoms with E-state index in [2.05, 4.69) is 0 Å². The number of amides is 1. The molecule has 1 amide bonds. The van der Waals surface area contributed by atoms with Crippen molar-refractivity contribution < 1.29 is 9.90 Å². The number of aromatic hydroxyl groups is 1. The lowest BCUT2D eigenvalue weighted by Gasteiger charge is -2.27. The predicted octanol–water partition coefficient (Wildman–Crippen LogP) is 2.52. The summed E-state index contributed by atoms with van der Waals surface area (Å²) in [7, 11) is 0. The lowest BCUT2D eigenvalue weighted by Crippen LogP contribution is -2.34. The molecule has 0 aliphatic carbocycles. The third-order valence-corrected chi connectivity index (χ3v) is 3.44. The van der Waals surface area contributed by atoms with Gasteiger partial charge < -0.3 is 10.0 Å². The molecular weight excluding hydrogens is 214 g/mol. The van der Waals surface area contributed by atoms with Crippen molar-refractivity contribution in [2.75, 3.05) is 6.54 Å². The summed E-state index contributed by atoms with van der Waals surface area (Å²) >= 11 is 0. The Bertz CT molecular complexity index is 440. The number of piperidine rings is 1. The van der Waals surface area contributed by atoms with Gasteiger partial charge in [-0.2, -0.15) is 0 Å². The second-order valence-corrected chi connectivity index (χ2v) is 4.84. The van der Waals surface area contributed by atoms with Crippen LogP contribution in [0.2, 0.25) is 0 Å². The van der Waals surface area contributed by atoms with Crippen molar-refractivity contribution in [2.24, 2.45) is 0 Å². The summed E-state index contributed by atoms with van der Waals surface area (Å²) in [5.74, 6) is 0.581. The van der Waals surface area contributed by atoms with Crippen molar-refractivity contribution >= 4 is 5.91 Å². The van der Waals surface area contributed by atoms with Crippen molar-refractivity contribution in [1.82, 2.24) is 4.90 Å². The fourth-order valence-corrected chi connectivity index (χ4v) is 2.27. The van der Waals surface area contributed by atoms with Gasteiger partial charge in [0.05, 0.1) is 0 Å². The number of hydrogen-bond donors (Lipinski definition) is 1. The molecule has 0 unspecified atom stereocenters. The highest BCUT2D eigenvalue weighted by molar-refractivity contribution is 5.76. The van der Waals surface area contributed by atoms with Crippen molar-refractivity contribution in [3.63, 3.8) is 0 Å². The molecule has 0 saturated carbocycles. The molecule has 1 heterocycles. The molecule has 1 aliphatic rings. The smallest absolute Gasteiger partial charge is 0.222 e. The molecule has 1 aromatic carbocycles. The number of benzene rings is 1. The number of carbonyl (C=O) groups excluding carboxylic acids is 1. The molecule has 0 bridgehead atoms. The van der Waals surface area contributed by atoms with Crippen LogP contribution in [0.25, 0.3) is 0 Å². The molecule has 92 valence electrons. The highest BCUT2D eigenvalue weighted by atomic mass is 16.3. The molecule has 0 radical (unpaired) electrons. The minimum Gasteiger partial charge on any atom is -0.508 e. The van der Waals surface area contributed by atoms with Gasteiger partial charge in [-0.3, -0.25) is 4.79 Å². The topological polar surface area (TPSA) is 40.5 Å². The predicted molar refractivity (Wildman–Crippen MR) is 66.8 cm³/mol. The molecule has 3 nitrogen and oxygen atoms in total. The first kappa shape index (κ1) is 12.0. The van der Waals surface area contributed by atoms with Gasteiger partial charge in [-0.05, 0) is 49.4 Å². The van der Waals surface area contributed by atoms with Crippen LogP contribution >= 0.6 is 0 Å². The van der Waals surface area contributed by atoms with Gasteiger partial charge in [0.25, 0.3) is 0 Å². The number of phenolic OH excluding ortho intramolecular Hbond substituents is 1. The Balaban J connectivity index is 2.17. The second kappa shape index (κ2) is 4.78. The summed E-state index contributed by atoms with van der Waals surface area (Å²) in [6.45, 7) is 5.39. The van der Waals surface area contributed by atoms with E-state index >= 15 is 0 Å². The molecule has 1 N–H and O–H groups in total. The molecule has 0 aromatic heterocycles. The maximum absolute atomic E-state index is 11.7. The van der Waals surface area contributed by atoms with Gasteiger partial charge in [0.15, 0.2) is 0 Å². The monoisotopic (exact) mass is 233 g/mol. The van der Waals surface area contributed by atoms with Gasteiger partial charge in [-0.1, -0.05) is 6.07 Å². The summed E-state index contributed by atoms with van der Waals surface area (Å²) in [5.41, 5.74) is 3.05. The Kier molecular flexibility index (Phi) is 3.36. The third-order valence-electron chi connectivity index (χ3n) is 3.44. The number of phenols is 1. The summed E-state index contributed by atoms with van der Waals surface area (Å²) < 4.78 is 0. The van der Waals surface area contributed by atoms with E-state index < -0.39 is 0 Å². The lowest BCUT2D eigenvalue weighted by atomic mass is 10.0. The number of aryl methyl sites for hydroxylation is 2. The largest absolute Gasteiger partial charge is 0.508 e. The zero-order chi connectivity index (χ0) is 12.4. The zero-order valence-corrected chi connectivity index (χ0v) is 10.5. The van der Waals surface area contributed by atoms with Crippen LogP contribution in [-0.2, 0) is 11.3 Å². The molecule has 3 heteroatoms. The van der Waals surface area contributed by atoms with Gasteiger partial charge in [-0.15, -0.1) is 0 Å². The van der Waals surface area contributed by atoms with Crippen LogP contribution in [0.4, 0.5) is 0 Å². The fourth-order valence-electron chi connectivity index (χ4n) is 2.27. The van der Waals surface area contributed by atoms with E-state index in [0.717, 1.165) is 36.1 Å². The first-order chi connectivity index (χ1) is 8.08. The second-order valence-electron chi connectivity index (χ2n) is 4.84. The molecular formula is C14H19NO2. The number of likely N-dealkylation sites (tertiary alicyclic amines) is 1. The first-order valence-electron chi connectivity index (χ1n) is 6.15. The van der Waals surface area contributed by atoms with Crippen LogP contribution in [0, 0.1) is 13.8 Å². The molecule has 1 fully saturated rings. The highest BCUT2D eigenvalue weighted by Crippen LogP contribution is 2.23. The standard InChI is InChI=1S/C14H19NO2/c1-10-8-13(16)11(2)7-12(10)9-15-6-4-3-5-14(15)17/h7-8,16H,3-6,9H2,1-2H3. The molecule has 2 rings (SSSR count). The van der Waals surface area contributed by atoms with Crippen molar-refractivity contribution in [3.8, 4) is 5.75 Å². The zero-order valence-electron chi connectivity index (χ0n) is 10.5. The quantitative estimate of drug-likeness (QED) is 0.852. The van der Waals surface area contributed by atoms with Crippen molar-refractivity contribution in [3.05, 3.63) is 28.8 Å². The van der Waals surface area contributed by atoms with Crippen LogP contribution in [0.1, 0.15) is 36.0 Å².